The molecule has 0 aliphatic heterocycles. The summed E-state index contributed by atoms with van der Waals surface area (Å²) < 4.78 is 12.4. The predicted octanol–water partition coefficient (Wildman–Crippen LogP) is 4.07. The van der Waals surface area contributed by atoms with Crippen molar-refractivity contribution in [1.82, 2.24) is 10.3 Å². The van der Waals surface area contributed by atoms with Crippen molar-refractivity contribution < 1.29 is 9.15 Å². The van der Waals surface area contributed by atoms with Crippen molar-refractivity contribution in [2.75, 3.05) is 6.54 Å². The first-order valence-corrected chi connectivity index (χ1v) is 7.86. The van der Waals surface area contributed by atoms with E-state index in [4.69, 9.17) is 9.15 Å². The minimum Gasteiger partial charge on any atom is -0.487 e. The predicted molar refractivity (Wildman–Crippen MR) is 86.3 cm³/mol. The number of aryl methyl sites for hydroxylation is 1. The number of nitrogens with one attached hydrogen (secondary N) is 1. The van der Waals surface area contributed by atoms with Gasteiger partial charge < -0.3 is 14.5 Å². The summed E-state index contributed by atoms with van der Waals surface area (Å²) in [5.74, 6) is 3.22. The lowest BCUT2D eigenvalue weighted by Gasteiger charge is -2.05. The van der Waals surface area contributed by atoms with Crippen molar-refractivity contribution >= 4 is 15.9 Å². The molecular weight excluding hydrogens is 332 g/mol. The quantitative estimate of drug-likeness (QED) is 0.815. The molecule has 0 fully saturated rings. The second-order valence-electron chi connectivity index (χ2n) is 5.45. The highest BCUT2D eigenvalue weighted by Gasteiger charge is 2.08. The fraction of sp³-hybridized carbons (Fsp3) is 0.438. The Morgan fingerprint density at radius 2 is 2.14 bits per heavy atom. The molecule has 114 valence electrons. The summed E-state index contributed by atoms with van der Waals surface area (Å²) in [5, 5.41) is 3.37. The molecule has 0 atom stereocenters. The molecule has 0 saturated carbocycles. The third kappa shape index (κ3) is 5.17. The fourth-order valence-electron chi connectivity index (χ4n) is 1.93. The van der Waals surface area contributed by atoms with Gasteiger partial charge in [0.05, 0.1) is 12.7 Å². The molecule has 0 unspecified atom stereocenters. The lowest BCUT2D eigenvalue weighted by molar-refractivity contribution is 0.301. The number of rotatable bonds is 7. The van der Waals surface area contributed by atoms with Crippen LogP contribution in [0.3, 0.4) is 0 Å². The van der Waals surface area contributed by atoms with E-state index >= 15 is 0 Å². The van der Waals surface area contributed by atoms with Gasteiger partial charge in [-0.15, -0.1) is 0 Å². The molecule has 5 heteroatoms. The van der Waals surface area contributed by atoms with Crippen molar-refractivity contribution in [2.45, 2.75) is 33.9 Å². The summed E-state index contributed by atoms with van der Waals surface area (Å²) in [4.78, 5) is 4.08. The van der Waals surface area contributed by atoms with Gasteiger partial charge in [0.15, 0.2) is 0 Å². The van der Waals surface area contributed by atoms with E-state index in [2.05, 4.69) is 40.1 Å². The number of furan rings is 1. The molecule has 2 aromatic rings. The highest BCUT2D eigenvalue weighted by molar-refractivity contribution is 9.10. The zero-order valence-corrected chi connectivity index (χ0v) is 14.2. The number of hydrogen-bond donors (Lipinski definition) is 1. The van der Waals surface area contributed by atoms with Gasteiger partial charge in [0, 0.05) is 16.2 Å². The van der Waals surface area contributed by atoms with Crippen LogP contribution in [0.2, 0.25) is 0 Å². The van der Waals surface area contributed by atoms with Crippen LogP contribution in [-0.2, 0) is 13.2 Å². The Bertz CT molecular complexity index is 581. The molecule has 0 amide bonds. The van der Waals surface area contributed by atoms with E-state index in [0.717, 1.165) is 40.4 Å². The maximum absolute atomic E-state index is 5.74. The minimum absolute atomic E-state index is 0.484. The molecule has 0 aliphatic rings. The Morgan fingerprint density at radius 3 is 2.86 bits per heavy atom. The summed E-state index contributed by atoms with van der Waals surface area (Å²) in [6.45, 7) is 8.55. The van der Waals surface area contributed by atoms with Crippen LogP contribution in [0.25, 0.3) is 0 Å². The van der Waals surface area contributed by atoms with E-state index in [-0.39, 0.29) is 0 Å². The Balaban J connectivity index is 1.90. The van der Waals surface area contributed by atoms with Crippen LogP contribution in [0.15, 0.2) is 33.4 Å². The zero-order valence-electron chi connectivity index (χ0n) is 12.6. The summed E-state index contributed by atoms with van der Waals surface area (Å²) in [5.41, 5.74) is 1.07. The highest BCUT2D eigenvalue weighted by atomic mass is 79.9. The van der Waals surface area contributed by atoms with Crippen LogP contribution in [0, 0.1) is 12.8 Å². The Labute approximate surface area is 134 Å². The molecule has 2 rings (SSSR count). The summed E-state index contributed by atoms with van der Waals surface area (Å²) in [6, 6.07) is 3.95. The number of ether oxygens (including phenoxy) is 1. The van der Waals surface area contributed by atoms with Crippen molar-refractivity contribution in [3.8, 4) is 5.75 Å². The third-order valence-electron chi connectivity index (χ3n) is 3.00. The standard InChI is InChI=1S/C16H21BrN2O2/c1-11(2)6-18-9-16-4-13(12(3)21-16)10-20-15-5-14(17)7-19-8-15/h4-5,7-8,11,18H,6,9-10H2,1-3H3. The van der Waals surface area contributed by atoms with Crippen LogP contribution < -0.4 is 10.1 Å². The molecule has 2 aromatic heterocycles. The largest absolute Gasteiger partial charge is 0.487 e. The fourth-order valence-corrected chi connectivity index (χ4v) is 2.28. The van der Waals surface area contributed by atoms with Crippen LogP contribution in [-0.4, -0.2) is 11.5 Å². The highest BCUT2D eigenvalue weighted by Crippen LogP contribution is 2.20. The lowest BCUT2D eigenvalue weighted by atomic mass is 10.2. The van der Waals surface area contributed by atoms with Crippen LogP contribution in [0.1, 0.15) is 30.9 Å². The first-order chi connectivity index (χ1) is 10.0. The molecule has 0 bridgehead atoms. The van der Waals surface area contributed by atoms with Crippen LogP contribution in [0.4, 0.5) is 0 Å². The Morgan fingerprint density at radius 1 is 1.33 bits per heavy atom. The first-order valence-electron chi connectivity index (χ1n) is 7.07. The molecular formula is C16H21BrN2O2. The molecule has 0 saturated heterocycles. The van der Waals surface area contributed by atoms with Gasteiger partial charge in [0.25, 0.3) is 0 Å². The molecule has 1 N–H and O–H groups in total. The second-order valence-corrected chi connectivity index (χ2v) is 6.36. The van der Waals surface area contributed by atoms with Crippen molar-refractivity contribution in [3.05, 3.63) is 46.1 Å². The summed E-state index contributed by atoms with van der Waals surface area (Å²) in [7, 11) is 0. The topological polar surface area (TPSA) is 47.3 Å². The molecule has 21 heavy (non-hydrogen) atoms. The third-order valence-corrected chi connectivity index (χ3v) is 3.43. The van der Waals surface area contributed by atoms with Gasteiger partial charge in [0.1, 0.15) is 23.9 Å². The van der Waals surface area contributed by atoms with Crippen molar-refractivity contribution in [3.63, 3.8) is 0 Å². The van der Waals surface area contributed by atoms with Crippen molar-refractivity contribution in [2.24, 2.45) is 5.92 Å². The molecule has 0 aliphatic carbocycles. The number of halogens is 1. The Hall–Kier alpha value is -1.33. The van der Waals surface area contributed by atoms with Gasteiger partial charge in [-0.3, -0.25) is 4.98 Å². The zero-order chi connectivity index (χ0) is 15.2. The average Bonchev–Trinajstić information content (AvgIpc) is 2.76. The van der Waals surface area contributed by atoms with Gasteiger partial charge in [-0.1, -0.05) is 13.8 Å². The van der Waals surface area contributed by atoms with Crippen molar-refractivity contribution in [1.29, 1.82) is 0 Å². The molecule has 0 aromatic carbocycles. The number of pyridine rings is 1. The smallest absolute Gasteiger partial charge is 0.139 e. The van der Waals surface area contributed by atoms with Gasteiger partial charge >= 0.3 is 0 Å². The normalized spacial score (nSPS) is 11.1. The van der Waals surface area contributed by atoms with Crippen LogP contribution in [0.5, 0.6) is 5.75 Å². The number of aromatic nitrogens is 1. The van der Waals surface area contributed by atoms with E-state index in [1.54, 1.807) is 12.4 Å². The second kappa shape index (κ2) is 7.61. The average molecular weight is 353 g/mol. The Kier molecular flexibility index (Phi) is 5.82. The van der Waals surface area contributed by atoms with E-state index < -0.39 is 0 Å². The summed E-state index contributed by atoms with van der Waals surface area (Å²) >= 11 is 3.38. The van der Waals surface area contributed by atoms with E-state index in [1.807, 2.05) is 19.1 Å². The SMILES string of the molecule is Cc1oc(CNCC(C)C)cc1COc1cncc(Br)c1. The molecule has 2 heterocycles. The van der Waals surface area contributed by atoms with E-state index in [9.17, 15) is 0 Å². The van der Waals surface area contributed by atoms with E-state index in [0.29, 0.717) is 12.5 Å². The van der Waals surface area contributed by atoms with Gasteiger partial charge in [-0.2, -0.15) is 0 Å². The lowest BCUT2D eigenvalue weighted by Crippen LogP contribution is -2.18. The molecule has 4 nitrogen and oxygen atoms in total. The maximum atomic E-state index is 5.74. The minimum atomic E-state index is 0.484. The monoisotopic (exact) mass is 352 g/mol. The molecule has 0 radical (unpaired) electrons. The van der Waals surface area contributed by atoms with Gasteiger partial charge in [-0.25, -0.2) is 0 Å². The van der Waals surface area contributed by atoms with Gasteiger partial charge in [0.2, 0.25) is 0 Å². The number of nitrogens with zero attached hydrogens (tertiary/aromatic N) is 1. The van der Waals surface area contributed by atoms with E-state index in [1.165, 1.54) is 0 Å². The first kappa shape index (κ1) is 16.0. The summed E-state index contributed by atoms with van der Waals surface area (Å²) in [6.07, 6.45) is 3.43. The maximum Gasteiger partial charge on any atom is 0.139 e. The van der Waals surface area contributed by atoms with Gasteiger partial charge in [-0.05, 0) is 47.4 Å². The molecule has 0 spiro atoms. The number of hydrogen-bond acceptors (Lipinski definition) is 4. The van der Waals surface area contributed by atoms with Crippen LogP contribution >= 0.6 is 15.9 Å².